The first-order chi connectivity index (χ1) is 10.7. The van der Waals surface area contributed by atoms with Gasteiger partial charge in [-0.1, -0.05) is 13.3 Å². The maximum atomic E-state index is 12.5. The average molecular weight is 308 g/mol. The highest BCUT2D eigenvalue weighted by molar-refractivity contribution is 5.81. The van der Waals surface area contributed by atoms with E-state index in [0.717, 1.165) is 51.9 Å². The normalized spacial score (nSPS) is 29.5. The van der Waals surface area contributed by atoms with Gasteiger partial charge in [0.15, 0.2) is 0 Å². The van der Waals surface area contributed by atoms with Crippen LogP contribution in [-0.2, 0) is 14.3 Å². The van der Waals surface area contributed by atoms with Gasteiger partial charge in [-0.3, -0.25) is 9.59 Å². The molecule has 1 aliphatic carbocycles. The van der Waals surface area contributed by atoms with Crippen molar-refractivity contribution in [1.82, 2.24) is 9.80 Å². The van der Waals surface area contributed by atoms with Gasteiger partial charge in [0.1, 0.15) is 0 Å². The van der Waals surface area contributed by atoms with Crippen LogP contribution in [0.2, 0.25) is 0 Å². The molecule has 2 heterocycles. The van der Waals surface area contributed by atoms with Crippen LogP contribution in [0.3, 0.4) is 0 Å². The predicted molar refractivity (Wildman–Crippen MR) is 83.2 cm³/mol. The number of amides is 2. The second kappa shape index (κ2) is 6.99. The van der Waals surface area contributed by atoms with Crippen molar-refractivity contribution in [2.24, 2.45) is 17.8 Å². The molecule has 1 saturated carbocycles. The van der Waals surface area contributed by atoms with Crippen molar-refractivity contribution in [3.8, 4) is 0 Å². The standard InChI is InChI=1S/C17H28N2O3/c1-2-13-12-19(17(21)14-3-4-14)6-5-15(13)11-16(20)18-7-9-22-10-8-18/h13-15H,2-12H2,1H3/t13-,15-/m0/s1. The van der Waals surface area contributed by atoms with Gasteiger partial charge in [-0.2, -0.15) is 0 Å². The molecule has 0 spiro atoms. The number of carbonyl (C=O) groups excluding carboxylic acids is 2. The molecule has 0 N–H and O–H groups in total. The third kappa shape index (κ3) is 3.62. The minimum atomic E-state index is 0.272. The molecule has 0 aromatic heterocycles. The van der Waals surface area contributed by atoms with Gasteiger partial charge in [-0.25, -0.2) is 0 Å². The predicted octanol–water partition coefficient (Wildman–Crippen LogP) is 1.52. The highest BCUT2D eigenvalue weighted by Gasteiger charge is 2.38. The van der Waals surface area contributed by atoms with Crippen molar-refractivity contribution in [3.63, 3.8) is 0 Å². The second-order valence-corrected chi connectivity index (χ2v) is 6.97. The molecule has 2 atom stereocenters. The Balaban J connectivity index is 1.52. The molecule has 0 radical (unpaired) electrons. The van der Waals surface area contributed by atoms with Gasteiger partial charge in [0.2, 0.25) is 11.8 Å². The van der Waals surface area contributed by atoms with Crippen molar-refractivity contribution in [2.45, 2.75) is 39.0 Å². The molecule has 2 saturated heterocycles. The van der Waals surface area contributed by atoms with E-state index < -0.39 is 0 Å². The van der Waals surface area contributed by atoms with E-state index in [1.54, 1.807) is 0 Å². The van der Waals surface area contributed by atoms with E-state index in [1.807, 2.05) is 4.90 Å². The van der Waals surface area contributed by atoms with Crippen LogP contribution >= 0.6 is 0 Å². The Labute approximate surface area is 133 Å². The molecule has 2 amide bonds. The number of hydrogen-bond acceptors (Lipinski definition) is 3. The van der Waals surface area contributed by atoms with Crippen LogP contribution in [0.4, 0.5) is 0 Å². The monoisotopic (exact) mass is 308 g/mol. The van der Waals surface area contributed by atoms with Crippen LogP contribution in [0.1, 0.15) is 39.0 Å². The van der Waals surface area contributed by atoms with E-state index in [4.69, 9.17) is 4.74 Å². The van der Waals surface area contributed by atoms with Gasteiger partial charge in [0.25, 0.3) is 0 Å². The van der Waals surface area contributed by atoms with Crippen LogP contribution in [0, 0.1) is 17.8 Å². The number of ether oxygens (including phenoxy) is 1. The number of morpholine rings is 1. The quantitative estimate of drug-likeness (QED) is 0.791. The summed E-state index contributed by atoms with van der Waals surface area (Å²) in [6.45, 7) is 6.67. The van der Waals surface area contributed by atoms with Crippen molar-refractivity contribution in [2.75, 3.05) is 39.4 Å². The number of piperidine rings is 1. The molecule has 3 rings (SSSR count). The van der Waals surface area contributed by atoms with Crippen molar-refractivity contribution < 1.29 is 14.3 Å². The molecule has 0 bridgehead atoms. The van der Waals surface area contributed by atoms with Gasteiger partial charge >= 0.3 is 0 Å². The summed E-state index contributed by atoms with van der Waals surface area (Å²) < 4.78 is 5.31. The molecule has 0 unspecified atom stereocenters. The zero-order valence-electron chi connectivity index (χ0n) is 13.6. The van der Waals surface area contributed by atoms with Crippen LogP contribution in [0.15, 0.2) is 0 Å². The fourth-order valence-corrected chi connectivity index (χ4v) is 3.77. The Bertz CT molecular complexity index is 416. The van der Waals surface area contributed by atoms with Crippen molar-refractivity contribution in [3.05, 3.63) is 0 Å². The Kier molecular flexibility index (Phi) is 5.01. The summed E-state index contributed by atoms with van der Waals surface area (Å²) in [5.74, 6) is 1.85. The van der Waals surface area contributed by atoms with E-state index in [2.05, 4.69) is 11.8 Å². The Hall–Kier alpha value is -1.10. The molecule has 2 aliphatic heterocycles. The zero-order chi connectivity index (χ0) is 15.5. The molecule has 3 aliphatic rings. The van der Waals surface area contributed by atoms with Crippen LogP contribution in [-0.4, -0.2) is 61.0 Å². The third-order valence-corrected chi connectivity index (χ3v) is 5.45. The lowest BCUT2D eigenvalue weighted by molar-refractivity contribution is -0.138. The molecule has 124 valence electrons. The Morgan fingerprint density at radius 2 is 1.73 bits per heavy atom. The number of rotatable bonds is 4. The zero-order valence-corrected chi connectivity index (χ0v) is 13.6. The third-order valence-electron chi connectivity index (χ3n) is 5.45. The van der Waals surface area contributed by atoms with Gasteiger partial charge < -0.3 is 14.5 Å². The highest BCUT2D eigenvalue weighted by Crippen LogP contribution is 2.35. The first-order valence-electron chi connectivity index (χ1n) is 8.83. The van der Waals surface area contributed by atoms with Crippen LogP contribution in [0.5, 0.6) is 0 Å². The number of hydrogen-bond donors (Lipinski definition) is 0. The fourth-order valence-electron chi connectivity index (χ4n) is 3.77. The highest BCUT2D eigenvalue weighted by atomic mass is 16.5. The summed E-state index contributed by atoms with van der Waals surface area (Å²) in [6.07, 6.45) is 4.82. The second-order valence-electron chi connectivity index (χ2n) is 6.97. The summed E-state index contributed by atoms with van der Waals surface area (Å²) >= 11 is 0. The Morgan fingerprint density at radius 3 is 2.36 bits per heavy atom. The summed E-state index contributed by atoms with van der Waals surface area (Å²) in [7, 11) is 0. The summed E-state index contributed by atoms with van der Waals surface area (Å²) in [5, 5.41) is 0. The summed E-state index contributed by atoms with van der Waals surface area (Å²) in [6, 6.07) is 0. The Morgan fingerprint density at radius 1 is 1.00 bits per heavy atom. The van der Waals surface area contributed by atoms with E-state index in [-0.39, 0.29) is 5.91 Å². The molecular weight excluding hydrogens is 280 g/mol. The van der Waals surface area contributed by atoms with Gasteiger partial charge in [0.05, 0.1) is 13.2 Å². The largest absolute Gasteiger partial charge is 0.378 e. The van der Waals surface area contributed by atoms with Crippen molar-refractivity contribution in [1.29, 1.82) is 0 Å². The van der Waals surface area contributed by atoms with Gasteiger partial charge in [-0.05, 0) is 31.1 Å². The molecule has 5 nitrogen and oxygen atoms in total. The molecule has 3 fully saturated rings. The molecule has 0 aromatic carbocycles. The average Bonchev–Trinajstić information content (AvgIpc) is 3.40. The number of nitrogens with zero attached hydrogens (tertiary/aromatic N) is 2. The smallest absolute Gasteiger partial charge is 0.225 e. The molecular formula is C17H28N2O3. The molecule has 5 heteroatoms. The maximum absolute atomic E-state index is 12.5. The minimum absolute atomic E-state index is 0.272. The number of carbonyl (C=O) groups is 2. The number of likely N-dealkylation sites (tertiary alicyclic amines) is 1. The van der Waals surface area contributed by atoms with Crippen LogP contribution < -0.4 is 0 Å². The van der Waals surface area contributed by atoms with E-state index in [9.17, 15) is 9.59 Å². The van der Waals surface area contributed by atoms with Crippen LogP contribution in [0.25, 0.3) is 0 Å². The lowest BCUT2D eigenvalue weighted by atomic mass is 9.81. The van der Waals surface area contributed by atoms with Crippen molar-refractivity contribution >= 4 is 11.8 Å². The minimum Gasteiger partial charge on any atom is -0.378 e. The summed E-state index contributed by atoms with van der Waals surface area (Å²) in [4.78, 5) is 28.7. The van der Waals surface area contributed by atoms with E-state index in [1.165, 1.54) is 0 Å². The van der Waals surface area contributed by atoms with Gasteiger partial charge in [-0.15, -0.1) is 0 Å². The van der Waals surface area contributed by atoms with E-state index in [0.29, 0.717) is 43.3 Å². The SMILES string of the molecule is CC[C@H]1CN(C(=O)C2CC2)CC[C@H]1CC(=O)N1CCOCC1. The first kappa shape index (κ1) is 15.8. The molecule has 22 heavy (non-hydrogen) atoms. The lowest BCUT2D eigenvalue weighted by Gasteiger charge is -2.39. The van der Waals surface area contributed by atoms with E-state index >= 15 is 0 Å². The molecule has 0 aromatic rings. The maximum Gasteiger partial charge on any atom is 0.225 e. The topological polar surface area (TPSA) is 49.9 Å². The van der Waals surface area contributed by atoms with Gasteiger partial charge in [0, 0.05) is 38.5 Å². The lowest BCUT2D eigenvalue weighted by Crippen LogP contribution is -2.47. The fraction of sp³-hybridized carbons (Fsp3) is 0.882. The first-order valence-corrected chi connectivity index (χ1v) is 8.83. The summed E-state index contributed by atoms with van der Waals surface area (Å²) in [5.41, 5.74) is 0.